The SMILES string of the molecule is CC(C)CCO[Si](CCC(C)C)(OCCC(C)C)OCCC(C)C. The molecule has 0 fully saturated rings. The van der Waals surface area contributed by atoms with Crippen LogP contribution in [0.15, 0.2) is 0 Å². The third-order valence-electron chi connectivity index (χ3n) is 4.08. The van der Waals surface area contributed by atoms with Crippen molar-refractivity contribution in [1.29, 1.82) is 0 Å². The van der Waals surface area contributed by atoms with Gasteiger partial charge in [0.05, 0.1) is 0 Å². The van der Waals surface area contributed by atoms with Gasteiger partial charge >= 0.3 is 8.80 Å². The van der Waals surface area contributed by atoms with Gasteiger partial charge < -0.3 is 13.3 Å². The topological polar surface area (TPSA) is 27.7 Å². The van der Waals surface area contributed by atoms with E-state index in [0.717, 1.165) is 51.5 Å². The minimum absolute atomic E-state index is 0.646. The molecule has 0 aliphatic rings. The first-order valence-corrected chi connectivity index (χ1v) is 12.0. The molecule has 0 radical (unpaired) electrons. The van der Waals surface area contributed by atoms with Gasteiger partial charge in [-0.1, -0.05) is 55.4 Å². The van der Waals surface area contributed by atoms with Gasteiger partial charge in [-0.2, -0.15) is 0 Å². The van der Waals surface area contributed by atoms with Crippen molar-refractivity contribution < 1.29 is 13.3 Å². The summed E-state index contributed by atoms with van der Waals surface area (Å²) in [5, 5.41) is 0. The van der Waals surface area contributed by atoms with Crippen molar-refractivity contribution in [2.45, 2.75) is 87.1 Å². The number of rotatable bonds is 15. The van der Waals surface area contributed by atoms with E-state index in [0.29, 0.717) is 23.7 Å². The molecule has 0 heterocycles. The highest BCUT2D eigenvalue weighted by Gasteiger charge is 2.41. The fourth-order valence-corrected chi connectivity index (χ4v) is 5.06. The zero-order valence-corrected chi connectivity index (χ0v) is 18.7. The average Bonchev–Trinajstić information content (AvgIpc) is 2.43. The third-order valence-corrected chi connectivity index (χ3v) is 6.91. The van der Waals surface area contributed by atoms with E-state index in [2.05, 4.69) is 55.4 Å². The van der Waals surface area contributed by atoms with Crippen LogP contribution in [-0.4, -0.2) is 28.6 Å². The Morgan fingerprint density at radius 2 is 0.792 bits per heavy atom. The van der Waals surface area contributed by atoms with Gasteiger partial charge in [0.2, 0.25) is 0 Å². The van der Waals surface area contributed by atoms with Crippen molar-refractivity contribution in [2.75, 3.05) is 19.8 Å². The standard InChI is InChI=1S/C20H44O3Si/c1-17(2)9-13-21-24(16-12-20(7)8,22-14-10-18(3)4)23-15-11-19(5)6/h17-20H,9-16H2,1-8H3. The van der Waals surface area contributed by atoms with Crippen LogP contribution in [0.5, 0.6) is 0 Å². The Balaban J connectivity index is 4.83. The molecular weight excluding hydrogens is 316 g/mol. The summed E-state index contributed by atoms with van der Waals surface area (Å²) in [5.74, 6) is 2.59. The van der Waals surface area contributed by atoms with E-state index in [9.17, 15) is 0 Å². The molecule has 0 saturated heterocycles. The Morgan fingerprint density at radius 1 is 0.500 bits per heavy atom. The highest BCUT2D eigenvalue weighted by atomic mass is 28.4. The van der Waals surface area contributed by atoms with Crippen molar-refractivity contribution >= 4 is 8.80 Å². The van der Waals surface area contributed by atoms with Gasteiger partial charge in [-0.15, -0.1) is 0 Å². The highest BCUT2D eigenvalue weighted by Crippen LogP contribution is 2.23. The van der Waals surface area contributed by atoms with E-state index in [1.807, 2.05) is 0 Å². The summed E-state index contributed by atoms with van der Waals surface area (Å²) >= 11 is 0. The predicted octanol–water partition coefficient (Wildman–Crippen LogP) is 6.16. The van der Waals surface area contributed by atoms with Crippen molar-refractivity contribution in [3.8, 4) is 0 Å². The highest BCUT2D eigenvalue weighted by molar-refractivity contribution is 6.60. The molecule has 0 rings (SSSR count). The second-order valence-electron chi connectivity index (χ2n) is 8.71. The molecule has 0 bridgehead atoms. The van der Waals surface area contributed by atoms with Crippen LogP contribution < -0.4 is 0 Å². The van der Waals surface area contributed by atoms with Gasteiger partial charge in [-0.05, 0) is 49.4 Å². The van der Waals surface area contributed by atoms with E-state index in [1.165, 1.54) is 0 Å². The minimum atomic E-state index is -2.56. The number of hydrogen-bond acceptors (Lipinski definition) is 3. The van der Waals surface area contributed by atoms with Crippen molar-refractivity contribution in [1.82, 2.24) is 0 Å². The molecule has 0 aromatic carbocycles. The number of hydrogen-bond donors (Lipinski definition) is 0. The van der Waals surface area contributed by atoms with Crippen LogP contribution in [0.2, 0.25) is 6.04 Å². The Morgan fingerprint density at radius 3 is 1.04 bits per heavy atom. The van der Waals surface area contributed by atoms with Gasteiger partial charge in [-0.25, -0.2) is 0 Å². The first-order valence-electron chi connectivity index (χ1n) is 10.1. The van der Waals surface area contributed by atoms with E-state index >= 15 is 0 Å². The molecule has 0 aromatic heterocycles. The smallest absolute Gasteiger partial charge is 0.373 e. The zero-order chi connectivity index (χ0) is 18.6. The van der Waals surface area contributed by atoms with Crippen LogP contribution in [0.4, 0.5) is 0 Å². The summed E-state index contributed by atoms with van der Waals surface area (Å²) in [5.41, 5.74) is 0. The molecule has 0 saturated carbocycles. The fourth-order valence-electron chi connectivity index (χ4n) is 2.16. The molecular formula is C20H44O3Si. The molecule has 0 amide bonds. The van der Waals surface area contributed by atoms with Gasteiger partial charge in [0.15, 0.2) is 0 Å². The van der Waals surface area contributed by atoms with Crippen LogP contribution in [0.1, 0.15) is 81.1 Å². The van der Waals surface area contributed by atoms with E-state index < -0.39 is 8.80 Å². The lowest BCUT2D eigenvalue weighted by molar-refractivity contribution is 0.0490. The van der Waals surface area contributed by atoms with Crippen molar-refractivity contribution in [3.05, 3.63) is 0 Å². The molecule has 0 unspecified atom stereocenters. The second-order valence-corrected chi connectivity index (χ2v) is 11.4. The molecule has 4 heteroatoms. The monoisotopic (exact) mass is 360 g/mol. The van der Waals surface area contributed by atoms with Gasteiger partial charge in [0.1, 0.15) is 0 Å². The van der Waals surface area contributed by atoms with Gasteiger partial charge in [-0.3, -0.25) is 0 Å². The molecule has 24 heavy (non-hydrogen) atoms. The summed E-state index contributed by atoms with van der Waals surface area (Å²) in [6.07, 6.45) is 4.31. The van der Waals surface area contributed by atoms with E-state index in [4.69, 9.17) is 13.3 Å². The minimum Gasteiger partial charge on any atom is -0.373 e. The Kier molecular flexibility index (Phi) is 13.4. The Bertz CT molecular complexity index is 255. The van der Waals surface area contributed by atoms with Crippen LogP contribution in [-0.2, 0) is 13.3 Å². The first-order chi connectivity index (χ1) is 11.2. The summed E-state index contributed by atoms with van der Waals surface area (Å²) in [7, 11) is -2.56. The quantitative estimate of drug-likeness (QED) is 0.327. The van der Waals surface area contributed by atoms with Gasteiger partial charge in [0.25, 0.3) is 0 Å². The van der Waals surface area contributed by atoms with Crippen LogP contribution in [0.25, 0.3) is 0 Å². The molecule has 0 aliphatic carbocycles. The van der Waals surface area contributed by atoms with Crippen molar-refractivity contribution in [3.63, 3.8) is 0 Å². The van der Waals surface area contributed by atoms with Crippen LogP contribution in [0.3, 0.4) is 0 Å². The Labute approximate surface area is 153 Å². The third kappa shape index (κ3) is 13.4. The molecule has 0 spiro atoms. The summed E-state index contributed by atoms with van der Waals surface area (Å²) in [6, 6.07) is 0.943. The Hall–Kier alpha value is 0.0969. The van der Waals surface area contributed by atoms with Crippen LogP contribution in [0, 0.1) is 23.7 Å². The molecule has 3 nitrogen and oxygen atoms in total. The summed E-state index contributed by atoms with van der Waals surface area (Å²) in [6.45, 7) is 20.2. The largest absolute Gasteiger partial charge is 0.500 e. The average molecular weight is 361 g/mol. The zero-order valence-electron chi connectivity index (χ0n) is 17.7. The van der Waals surface area contributed by atoms with Crippen LogP contribution >= 0.6 is 0 Å². The lowest BCUT2D eigenvalue weighted by atomic mass is 10.1. The fraction of sp³-hybridized carbons (Fsp3) is 1.00. The predicted molar refractivity (Wildman–Crippen MR) is 106 cm³/mol. The molecule has 0 aromatic rings. The maximum Gasteiger partial charge on any atom is 0.500 e. The van der Waals surface area contributed by atoms with Gasteiger partial charge in [0, 0.05) is 25.9 Å². The molecule has 146 valence electrons. The molecule has 0 aliphatic heterocycles. The lowest BCUT2D eigenvalue weighted by Gasteiger charge is -2.31. The maximum absolute atomic E-state index is 6.35. The molecule has 0 N–H and O–H groups in total. The normalized spacial score (nSPS) is 13.0. The lowest BCUT2D eigenvalue weighted by Crippen LogP contribution is -2.47. The summed E-state index contributed by atoms with van der Waals surface area (Å²) < 4.78 is 19.0. The van der Waals surface area contributed by atoms with E-state index in [1.54, 1.807) is 0 Å². The second kappa shape index (κ2) is 13.3. The molecule has 0 atom stereocenters. The maximum atomic E-state index is 6.35. The van der Waals surface area contributed by atoms with E-state index in [-0.39, 0.29) is 0 Å². The van der Waals surface area contributed by atoms with Crippen molar-refractivity contribution in [2.24, 2.45) is 23.7 Å². The summed E-state index contributed by atoms with van der Waals surface area (Å²) in [4.78, 5) is 0. The first kappa shape index (κ1) is 24.1.